The molecule has 1 aliphatic rings. The van der Waals surface area contributed by atoms with Crippen LogP contribution in [-0.2, 0) is 0 Å². The highest BCUT2D eigenvalue weighted by Crippen LogP contribution is 2.44. The van der Waals surface area contributed by atoms with Crippen molar-refractivity contribution < 1.29 is 9.47 Å². The third kappa shape index (κ3) is 2.21. The van der Waals surface area contributed by atoms with Gasteiger partial charge in [0.2, 0.25) is 11.8 Å². The molecule has 1 aliphatic heterocycles. The zero-order chi connectivity index (χ0) is 16.7. The highest BCUT2D eigenvalue weighted by Gasteiger charge is 2.35. The molecule has 0 amide bonds. The van der Waals surface area contributed by atoms with Crippen LogP contribution in [0.3, 0.4) is 0 Å². The van der Waals surface area contributed by atoms with Gasteiger partial charge in [-0.2, -0.15) is 5.26 Å². The molecule has 0 saturated heterocycles. The predicted molar refractivity (Wildman–Crippen MR) is 85.1 cm³/mol. The summed E-state index contributed by atoms with van der Waals surface area (Å²) in [6.45, 7) is 5.88. The van der Waals surface area contributed by atoms with Crippen LogP contribution in [0, 0.1) is 32.1 Å². The Morgan fingerprint density at radius 1 is 1.30 bits per heavy atom. The fraction of sp³-hybridized carbons (Fsp3) is 0.294. The smallest absolute Gasteiger partial charge is 0.244 e. The zero-order valence-corrected chi connectivity index (χ0v) is 13.5. The summed E-state index contributed by atoms with van der Waals surface area (Å²) in [4.78, 5) is 0. The first-order chi connectivity index (χ1) is 11.0. The summed E-state index contributed by atoms with van der Waals surface area (Å²) < 4.78 is 10.9. The molecule has 3 rings (SSSR count). The van der Waals surface area contributed by atoms with Crippen molar-refractivity contribution in [3.8, 4) is 17.7 Å². The molecule has 23 heavy (non-hydrogen) atoms. The van der Waals surface area contributed by atoms with E-state index in [1.807, 2.05) is 32.9 Å². The molecule has 2 aromatic rings. The summed E-state index contributed by atoms with van der Waals surface area (Å²) in [5.74, 6) is 1.05. The molecule has 0 unspecified atom stereocenters. The number of aryl methyl sites for hydroxylation is 3. The molecule has 2 heterocycles. The van der Waals surface area contributed by atoms with Crippen molar-refractivity contribution in [2.75, 3.05) is 7.11 Å². The second-order valence-electron chi connectivity index (χ2n) is 5.67. The van der Waals surface area contributed by atoms with Gasteiger partial charge in [0, 0.05) is 11.3 Å². The number of ether oxygens (including phenoxy) is 2. The minimum Gasteiger partial charge on any atom is -0.496 e. The van der Waals surface area contributed by atoms with E-state index in [0.29, 0.717) is 11.5 Å². The van der Waals surface area contributed by atoms with Crippen LogP contribution in [0.25, 0.3) is 0 Å². The van der Waals surface area contributed by atoms with Gasteiger partial charge in [-0.3, -0.25) is 5.10 Å². The largest absolute Gasteiger partial charge is 0.496 e. The summed E-state index contributed by atoms with van der Waals surface area (Å²) in [6, 6.07) is 6.20. The maximum absolute atomic E-state index is 9.58. The number of hydrogen-bond donors (Lipinski definition) is 2. The molecule has 6 heteroatoms. The lowest BCUT2D eigenvalue weighted by atomic mass is 9.81. The molecule has 1 aromatic heterocycles. The summed E-state index contributed by atoms with van der Waals surface area (Å²) in [7, 11) is 1.65. The number of rotatable bonds is 2. The van der Waals surface area contributed by atoms with Crippen molar-refractivity contribution in [2.45, 2.75) is 26.7 Å². The Morgan fingerprint density at radius 2 is 2.04 bits per heavy atom. The quantitative estimate of drug-likeness (QED) is 0.888. The van der Waals surface area contributed by atoms with Crippen molar-refractivity contribution in [1.29, 1.82) is 5.26 Å². The number of allylic oxidation sites excluding steroid dienone is 1. The van der Waals surface area contributed by atoms with Crippen LogP contribution < -0.4 is 15.2 Å². The predicted octanol–water partition coefficient (Wildman–Crippen LogP) is 2.56. The van der Waals surface area contributed by atoms with Gasteiger partial charge < -0.3 is 15.2 Å². The first-order valence-electron chi connectivity index (χ1n) is 7.25. The van der Waals surface area contributed by atoms with E-state index in [1.54, 1.807) is 7.11 Å². The SMILES string of the molecule is COc1cc(C)c([C@H]2C(C#N)=C(N)Oc3n[nH]c(C)c32)cc1C. The van der Waals surface area contributed by atoms with Crippen molar-refractivity contribution in [2.24, 2.45) is 5.73 Å². The fourth-order valence-corrected chi connectivity index (χ4v) is 3.05. The lowest BCUT2D eigenvalue weighted by Gasteiger charge is -2.25. The molecule has 1 atom stereocenters. The second-order valence-corrected chi connectivity index (χ2v) is 5.67. The van der Waals surface area contributed by atoms with Crippen LogP contribution in [0.15, 0.2) is 23.6 Å². The Kier molecular flexibility index (Phi) is 3.49. The number of H-pyrrole nitrogens is 1. The molecule has 0 aliphatic carbocycles. The van der Waals surface area contributed by atoms with Crippen LogP contribution in [0.1, 0.15) is 33.9 Å². The monoisotopic (exact) mass is 310 g/mol. The normalized spacial score (nSPS) is 16.6. The van der Waals surface area contributed by atoms with E-state index < -0.39 is 0 Å². The second kappa shape index (κ2) is 5.36. The molecular weight excluding hydrogens is 292 g/mol. The van der Waals surface area contributed by atoms with Gasteiger partial charge in [-0.25, -0.2) is 0 Å². The lowest BCUT2D eigenvalue weighted by molar-refractivity contribution is 0.378. The van der Waals surface area contributed by atoms with Crippen molar-refractivity contribution in [3.05, 3.63) is 51.5 Å². The Morgan fingerprint density at radius 3 is 2.70 bits per heavy atom. The van der Waals surface area contributed by atoms with Gasteiger partial charge in [0.25, 0.3) is 0 Å². The van der Waals surface area contributed by atoms with Crippen LogP contribution in [-0.4, -0.2) is 17.3 Å². The van der Waals surface area contributed by atoms with E-state index in [0.717, 1.165) is 33.7 Å². The maximum Gasteiger partial charge on any atom is 0.244 e. The highest BCUT2D eigenvalue weighted by molar-refractivity contribution is 5.58. The molecule has 1 aromatic carbocycles. The zero-order valence-electron chi connectivity index (χ0n) is 13.5. The van der Waals surface area contributed by atoms with Gasteiger partial charge >= 0.3 is 0 Å². The third-order valence-electron chi connectivity index (χ3n) is 4.22. The standard InChI is InChI=1S/C17H18N4O2/c1-8-6-13(22-4)9(2)5-11(8)15-12(7-18)16(19)23-17-14(15)10(3)20-21-17/h5-6,15H,19H2,1-4H3,(H,20,21)/t15-/m0/s1. The van der Waals surface area contributed by atoms with Crippen LogP contribution in [0.2, 0.25) is 0 Å². The van der Waals surface area contributed by atoms with Gasteiger partial charge in [0.15, 0.2) is 0 Å². The number of aromatic amines is 1. The third-order valence-corrected chi connectivity index (χ3v) is 4.22. The lowest BCUT2D eigenvalue weighted by Crippen LogP contribution is -2.21. The fourth-order valence-electron chi connectivity index (χ4n) is 3.05. The minimum atomic E-state index is -0.299. The van der Waals surface area contributed by atoms with E-state index in [9.17, 15) is 5.26 Å². The number of hydrogen-bond acceptors (Lipinski definition) is 5. The summed E-state index contributed by atoms with van der Waals surface area (Å²) in [6.07, 6.45) is 0. The number of methoxy groups -OCH3 is 1. The average molecular weight is 310 g/mol. The van der Waals surface area contributed by atoms with Gasteiger partial charge in [-0.05, 0) is 43.5 Å². The Bertz CT molecular complexity index is 858. The van der Waals surface area contributed by atoms with Crippen LogP contribution in [0.4, 0.5) is 0 Å². The number of nitrogens with zero attached hydrogens (tertiary/aromatic N) is 2. The molecule has 118 valence electrons. The Labute approximate surface area is 134 Å². The summed E-state index contributed by atoms with van der Waals surface area (Å²) >= 11 is 0. The Hall–Kier alpha value is -2.94. The van der Waals surface area contributed by atoms with Gasteiger partial charge in [0.1, 0.15) is 17.4 Å². The summed E-state index contributed by atoms with van der Waals surface area (Å²) in [5, 5.41) is 16.6. The molecule has 6 nitrogen and oxygen atoms in total. The molecule has 0 saturated carbocycles. The van der Waals surface area contributed by atoms with Gasteiger partial charge in [-0.15, -0.1) is 5.10 Å². The molecular formula is C17H18N4O2. The highest BCUT2D eigenvalue weighted by atomic mass is 16.5. The van der Waals surface area contributed by atoms with E-state index in [2.05, 4.69) is 16.3 Å². The van der Waals surface area contributed by atoms with Crippen molar-refractivity contribution in [3.63, 3.8) is 0 Å². The number of nitrogens with two attached hydrogens (primary N) is 1. The van der Waals surface area contributed by atoms with Gasteiger partial charge in [-0.1, -0.05) is 6.07 Å². The number of fused-ring (bicyclic) bond motifs is 1. The van der Waals surface area contributed by atoms with E-state index in [-0.39, 0.29) is 11.8 Å². The van der Waals surface area contributed by atoms with E-state index in [4.69, 9.17) is 15.2 Å². The van der Waals surface area contributed by atoms with E-state index in [1.165, 1.54) is 0 Å². The van der Waals surface area contributed by atoms with Gasteiger partial charge in [0.05, 0.1) is 13.0 Å². The molecule has 0 radical (unpaired) electrons. The molecule has 0 fully saturated rings. The molecule has 0 bridgehead atoms. The van der Waals surface area contributed by atoms with E-state index >= 15 is 0 Å². The number of benzene rings is 1. The van der Waals surface area contributed by atoms with Crippen LogP contribution in [0.5, 0.6) is 11.6 Å². The van der Waals surface area contributed by atoms with Crippen molar-refractivity contribution >= 4 is 0 Å². The minimum absolute atomic E-state index is 0.101. The molecule has 3 N–H and O–H groups in total. The molecule has 0 spiro atoms. The Balaban J connectivity index is 2.27. The van der Waals surface area contributed by atoms with Crippen LogP contribution >= 0.6 is 0 Å². The number of nitriles is 1. The summed E-state index contributed by atoms with van der Waals surface area (Å²) in [5.41, 5.74) is 11.1. The number of nitrogens with one attached hydrogen (secondary N) is 1. The first-order valence-corrected chi connectivity index (χ1v) is 7.25. The first kappa shape index (κ1) is 15.0. The maximum atomic E-state index is 9.58. The topological polar surface area (TPSA) is 96.9 Å². The van der Waals surface area contributed by atoms with Crippen molar-refractivity contribution in [1.82, 2.24) is 10.2 Å². The average Bonchev–Trinajstić information content (AvgIpc) is 2.88. The number of aromatic nitrogens is 2.